The van der Waals surface area contributed by atoms with E-state index in [1.807, 2.05) is 171 Å². The van der Waals surface area contributed by atoms with Gasteiger partial charge < -0.3 is 124 Å². The Morgan fingerprint density at radius 1 is 0.381 bits per heavy atom. The van der Waals surface area contributed by atoms with Crippen molar-refractivity contribution < 1.29 is 95.8 Å². The number of carbonyl (C=O) groups is 2. The lowest BCUT2D eigenvalue weighted by molar-refractivity contribution is -0.131. The average Bonchev–Trinajstić information content (AvgIpc) is 1.00. The molecule has 27 nitrogen and oxygen atoms in total. The molecule has 13 rings (SSSR count). The molecule has 0 aliphatic heterocycles. The van der Waals surface area contributed by atoms with Gasteiger partial charge in [0, 0.05) is 151 Å². The molecule has 0 fully saturated rings. The molecule has 13 aromatic rings. The third-order valence-electron chi connectivity index (χ3n) is 19.4. The first-order chi connectivity index (χ1) is 67.2. The molecule has 0 bridgehead atoms. The fourth-order valence-corrected chi connectivity index (χ4v) is 14.7. The van der Waals surface area contributed by atoms with Crippen LogP contribution in [0.4, 0.5) is 39.8 Å². The predicted octanol–water partition coefficient (Wildman–Crippen LogP) is 23.4. The number of nitrogens with one attached hydrogen (secondary N) is 5. The molecule has 0 saturated heterocycles. The number of amides is 1. The molecule has 1 amide bonds. The summed E-state index contributed by atoms with van der Waals surface area (Å²) in [6, 6.07) is 71.8. The lowest BCUT2D eigenvalue weighted by Gasteiger charge is -2.15. The number of hydrogen-bond acceptors (Lipinski definition) is 27. The van der Waals surface area contributed by atoms with Gasteiger partial charge in [-0.1, -0.05) is 187 Å². The van der Waals surface area contributed by atoms with Crippen molar-refractivity contribution in [2.75, 3.05) is 145 Å². The molecule has 139 heavy (non-hydrogen) atoms. The van der Waals surface area contributed by atoms with Crippen LogP contribution in [-0.2, 0) is 41.1 Å². The summed E-state index contributed by atoms with van der Waals surface area (Å²) < 4.78 is 82.2. The average molecular weight is 2130 g/mol. The van der Waals surface area contributed by atoms with Crippen LogP contribution in [0.3, 0.4) is 0 Å². The van der Waals surface area contributed by atoms with Gasteiger partial charge in [0.15, 0.2) is 57.5 Å². The zero-order valence-corrected chi connectivity index (χ0v) is 87.2. The summed E-state index contributed by atoms with van der Waals surface area (Å²) in [7, 11) is 22.5. The number of alkyl halides is 1. The highest BCUT2D eigenvalue weighted by atomic mass is 79.9. The topological polar surface area (TPSA) is 345 Å². The van der Waals surface area contributed by atoms with E-state index in [9.17, 15) is 9.59 Å². The molecule has 2 heterocycles. The zero-order chi connectivity index (χ0) is 102. The lowest BCUT2D eigenvalue weighted by Crippen LogP contribution is -2.26. The molecule has 0 aliphatic carbocycles. The molecule has 0 unspecified atom stereocenters. The van der Waals surface area contributed by atoms with Gasteiger partial charge in [0.05, 0.1) is 118 Å². The second-order valence-electron chi connectivity index (χ2n) is 28.7. The number of hydrogen-bond donors (Lipinski definition) is 10. The molecular weight excluding hydrogens is 2010 g/mol. The number of allylic oxidation sites excluding steroid dienone is 2. The van der Waals surface area contributed by atoms with Gasteiger partial charge in [0.25, 0.3) is 0 Å². The van der Waals surface area contributed by atoms with E-state index >= 15 is 0 Å². The van der Waals surface area contributed by atoms with Crippen molar-refractivity contribution in [2.24, 2.45) is 0 Å². The normalized spacial score (nSPS) is 10.2. The fourth-order valence-electron chi connectivity index (χ4n) is 12.5. The third kappa shape index (κ3) is 38.1. The number of nitrogens with two attached hydrogens (primary N) is 2. The number of benzene rings is 11. The lowest BCUT2D eigenvalue weighted by atomic mass is 9.90. The first kappa shape index (κ1) is 114. The van der Waals surface area contributed by atoms with Crippen LogP contribution in [-0.4, -0.2) is 141 Å². The Morgan fingerprint density at radius 3 is 0.942 bits per heavy atom. The van der Waals surface area contributed by atoms with Gasteiger partial charge in [0.2, 0.25) is 34.7 Å². The van der Waals surface area contributed by atoms with Crippen molar-refractivity contribution in [1.82, 2.24) is 0 Å². The molecule has 11 aromatic carbocycles. The summed E-state index contributed by atoms with van der Waals surface area (Å²) in [6.07, 6.45) is 11.8. The van der Waals surface area contributed by atoms with Gasteiger partial charge in [-0.15, -0.1) is 17.9 Å². The van der Waals surface area contributed by atoms with Crippen LogP contribution in [0.15, 0.2) is 275 Å². The monoisotopic (exact) mass is 2120 g/mol. The van der Waals surface area contributed by atoms with Gasteiger partial charge in [-0.25, -0.2) is 4.79 Å². The van der Waals surface area contributed by atoms with E-state index in [1.54, 1.807) is 172 Å². The number of halogens is 3. The van der Waals surface area contributed by atoms with Gasteiger partial charge >= 0.3 is 13.1 Å². The fraction of sp³-hybridized carbons (Fsp3) is 0.208. The first-order valence-corrected chi connectivity index (χ1v) is 47.2. The van der Waals surface area contributed by atoms with Crippen LogP contribution in [0, 0.1) is 0 Å². The molecule has 0 spiro atoms. The van der Waals surface area contributed by atoms with E-state index in [-0.39, 0.29) is 5.91 Å². The molecule has 0 saturated carbocycles. The van der Waals surface area contributed by atoms with E-state index in [1.165, 1.54) is 39.7 Å². The number of carbonyl (C=O) groups excluding carboxylic acids is 1. The third-order valence-corrected chi connectivity index (χ3v) is 22.9. The highest BCUT2D eigenvalue weighted by Crippen LogP contribution is 2.45. The van der Waals surface area contributed by atoms with E-state index in [4.69, 9.17) is 97.7 Å². The van der Waals surface area contributed by atoms with Gasteiger partial charge in [-0.3, -0.25) is 4.79 Å². The Kier molecular flexibility index (Phi) is 51.2. The van der Waals surface area contributed by atoms with Crippen LogP contribution in [0.2, 0.25) is 0 Å². The minimum Gasteiger partial charge on any atom is -0.493 e. The highest BCUT2D eigenvalue weighted by Gasteiger charge is 2.20. The van der Waals surface area contributed by atoms with E-state index in [0.717, 1.165) is 82.3 Å². The number of nitrogen functional groups attached to an aromatic ring is 2. The van der Waals surface area contributed by atoms with E-state index in [2.05, 4.69) is 136 Å². The number of carboxylic acids is 1. The highest BCUT2D eigenvalue weighted by molar-refractivity contribution is 9.10. The first-order valence-electron chi connectivity index (χ1n) is 42.7. The van der Waals surface area contributed by atoms with Crippen molar-refractivity contribution >= 4 is 152 Å². The van der Waals surface area contributed by atoms with Crippen molar-refractivity contribution in [3.8, 4) is 96.7 Å². The van der Waals surface area contributed by atoms with E-state index < -0.39 is 13.1 Å². The number of aliphatic carboxylic acids is 1. The number of thiophene rings is 2. The van der Waals surface area contributed by atoms with Crippen molar-refractivity contribution in [2.45, 2.75) is 45.4 Å². The zero-order valence-electron chi connectivity index (χ0n) is 80.8. The summed E-state index contributed by atoms with van der Waals surface area (Å²) >= 11 is 13.1. The molecule has 0 atom stereocenters. The number of carboxylic acid groups (broad SMARTS) is 1. The summed E-state index contributed by atoms with van der Waals surface area (Å²) in [6.45, 7) is 9.89. The van der Waals surface area contributed by atoms with Crippen LogP contribution < -0.4 is 114 Å². The minimum absolute atomic E-state index is 0.247. The van der Waals surface area contributed by atoms with Crippen molar-refractivity contribution in [3.05, 3.63) is 320 Å². The molecule has 12 N–H and O–H groups in total. The molecule has 0 aliphatic rings. The number of methoxy groups -OCH3 is 15. The molecule has 2 aromatic heterocycles. The van der Waals surface area contributed by atoms with Crippen LogP contribution in [0.1, 0.15) is 58.4 Å². The van der Waals surface area contributed by atoms with Crippen molar-refractivity contribution in [1.29, 1.82) is 0 Å². The molecule has 736 valence electrons. The Balaban J connectivity index is 0.000000260. The molecular formula is C106H121BBr3N7O20S2. The van der Waals surface area contributed by atoms with Crippen molar-refractivity contribution in [3.63, 3.8) is 0 Å². The summed E-state index contributed by atoms with van der Waals surface area (Å²) in [5, 5.41) is 46.6. The summed E-state index contributed by atoms with van der Waals surface area (Å²) in [4.78, 5) is 24.2. The smallest absolute Gasteiger partial charge is 0.493 e. The predicted molar refractivity (Wildman–Crippen MR) is 578 cm³/mol. The summed E-state index contributed by atoms with van der Waals surface area (Å²) in [5.41, 5.74) is 26.7. The maximum absolute atomic E-state index is 12.5. The van der Waals surface area contributed by atoms with Gasteiger partial charge in [0.1, 0.15) is 0 Å². The quantitative estimate of drug-likeness (QED) is 0.00573. The van der Waals surface area contributed by atoms with Crippen LogP contribution >= 0.6 is 70.5 Å². The SMILES string of the molecule is BrCc1ccc(Br)cc1.C/C=C/c1ccc(CNc2cc(OC)c(OC)c(OC)c2)cc1.C=CC.COc1cc(N)cc(OC)c1OC.COc1cc(NCc2ccc(/C=C/C(=O)Nc3cc(-c4cccs4)ccc3N)cc2)cc(OC)c1OC.COc1cc(NCc2ccc(/C=C/C(=O)O)cc2)cc(OC)c1OC.COc1cc(NCc2ccc(Br)cc2)cc(OC)c1OC.OB(O)c1cccs1. The Hall–Kier alpha value is -14.1. The minimum atomic E-state index is -1.30. The van der Waals surface area contributed by atoms with Gasteiger partial charge in [-0.05, 0) is 129 Å². The van der Waals surface area contributed by atoms with E-state index in [0.29, 0.717) is 128 Å². The number of anilines is 7. The summed E-state index contributed by atoms with van der Waals surface area (Å²) in [5.74, 6) is 7.64. The standard InChI is InChI=1S/C29H29N3O4S.C19H21NO5.C19H23NO3.C16H18BrNO3.C9H13NO3.C7H6Br2.C4H5BO2S.C3H6/c1-34-25-16-22(17-26(35-2)29(25)36-3)31-18-20-8-6-19(7-9-20)10-13-28(33)32-24-15-21(11-12-23(24)30)27-5-4-14-37-27;1-23-16-10-15(11-17(24-2)19(16)25-3)20-12-14-6-4-13(5-7-14)8-9-18(21)22;1-5-6-14-7-9-15(10-8-14)13-20-16-11-17(21-2)19(23-4)18(12-16)22-3;1-19-14-8-13(9-15(20-2)16(14)21-3)18-10-11-4-6-12(17)7-5-11;1-11-7-4-6(10)5-8(12-2)9(7)13-3;8-5-6-1-3-7(9)4-2-6;6-5(7)4-2-1-3-8-4;1-3-2/h4-17,31H,18,30H2,1-3H3,(H,32,33);4-11,20H,12H2,1-3H3,(H,21,22);5-12,20H,13H2,1-4H3;4-9,18H,10H2,1-3H3;4-5H,10H2,1-3H3;1-4H,5H2;1-3,6-7H;3H,1H2,2H3/b13-10+;9-8+;6-5+;;;;;. The Morgan fingerprint density at radius 2 is 0.676 bits per heavy atom. The number of ether oxygens (including phenoxy) is 15. The molecule has 0 radical (unpaired) electrons. The largest absolute Gasteiger partial charge is 0.499 e. The number of rotatable bonds is 36. The molecule has 33 heteroatoms. The van der Waals surface area contributed by atoms with Crippen LogP contribution in [0.25, 0.3) is 28.7 Å². The van der Waals surface area contributed by atoms with Crippen LogP contribution in [0.5, 0.6) is 86.2 Å². The Bertz CT molecular complexity index is 5840. The second-order valence-corrected chi connectivity index (χ2v) is 33.0. The maximum Gasteiger partial charge on any atom is 0.499 e. The Labute approximate surface area is 848 Å². The van der Waals surface area contributed by atoms with Gasteiger partial charge in [-0.2, -0.15) is 11.3 Å². The second kappa shape index (κ2) is 62.6. The maximum atomic E-state index is 12.5.